The van der Waals surface area contributed by atoms with Gasteiger partial charge in [0.05, 0.1) is 12.8 Å². The van der Waals surface area contributed by atoms with Crippen LogP contribution in [-0.4, -0.2) is 51.5 Å². The number of aryl methyl sites for hydroxylation is 1. The van der Waals surface area contributed by atoms with Crippen molar-refractivity contribution in [3.05, 3.63) is 59.4 Å². The summed E-state index contributed by atoms with van der Waals surface area (Å²) in [6, 6.07) is 12.1. The highest BCUT2D eigenvalue weighted by Gasteiger charge is 2.39. The molecule has 5 rings (SSSR count). The number of carbonyl (C=O) groups is 2. The number of fused-ring (bicyclic) bond motifs is 2. The van der Waals surface area contributed by atoms with Gasteiger partial charge in [0.1, 0.15) is 11.4 Å². The maximum atomic E-state index is 13.7. The van der Waals surface area contributed by atoms with Gasteiger partial charge in [0.25, 0.3) is 5.91 Å². The molecule has 0 N–H and O–H groups in total. The molecule has 7 heteroatoms. The summed E-state index contributed by atoms with van der Waals surface area (Å²) in [6.45, 7) is 5.52. The van der Waals surface area contributed by atoms with E-state index in [0.717, 1.165) is 53.5 Å². The van der Waals surface area contributed by atoms with Gasteiger partial charge in [0, 0.05) is 23.8 Å². The smallest absolute Gasteiger partial charge is 0.435 e. The molecule has 0 radical (unpaired) electrons. The van der Waals surface area contributed by atoms with Gasteiger partial charge in [-0.25, -0.2) is 4.79 Å². The summed E-state index contributed by atoms with van der Waals surface area (Å²) in [4.78, 5) is 28.2. The van der Waals surface area contributed by atoms with Crippen molar-refractivity contribution in [1.82, 2.24) is 14.7 Å². The summed E-state index contributed by atoms with van der Waals surface area (Å²) in [6.07, 6.45) is 5.66. The highest BCUT2D eigenvalue weighted by Crippen LogP contribution is 2.35. The number of hydrogen-bond donors (Lipinski definition) is 0. The van der Waals surface area contributed by atoms with E-state index in [0.29, 0.717) is 12.0 Å². The summed E-state index contributed by atoms with van der Waals surface area (Å²) in [5, 5.41) is 6.54. The second kappa shape index (κ2) is 8.46. The molecule has 0 bridgehead atoms. The van der Waals surface area contributed by atoms with Crippen LogP contribution in [0.1, 0.15) is 61.6 Å². The van der Waals surface area contributed by atoms with Gasteiger partial charge in [-0.2, -0.15) is 9.78 Å². The maximum Gasteiger partial charge on any atom is 0.435 e. The second-order valence-corrected chi connectivity index (χ2v) is 10.3. The molecule has 0 aliphatic heterocycles. The molecule has 2 aliphatic carbocycles. The lowest BCUT2D eigenvalue weighted by molar-refractivity contribution is 0.0513. The Morgan fingerprint density at radius 2 is 1.76 bits per heavy atom. The molecule has 3 aromatic rings. The van der Waals surface area contributed by atoms with Gasteiger partial charge < -0.3 is 14.4 Å². The number of carbonyl (C=O) groups excluding carboxylic acids is 2. The first-order valence-electron chi connectivity index (χ1n) is 11.9. The van der Waals surface area contributed by atoms with Gasteiger partial charge in [-0.15, -0.1) is 0 Å². The van der Waals surface area contributed by atoms with Crippen LogP contribution in [0.3, 0.4) is 0 Å². The zero-order valence-corrected chi connectivity index (χ0v) is 20.2. The number of nitrogens with zero attached hydrogens (tertiary/aromatic N) is 3. The van der Waals surface area contributed by atoms with E-state index in [2.05, 4.69) is 10.00 Å². The quantitative estimate of drug-likeness (QED) is 0.547. The summed E-state index contributed by atoms with van der Waals surface area (Å²) >= 11 is 0. The molecule has 1 fully saturated rings. The average molecular weight is 462 g/mol. The normalized spacial score (nSPS) is 17.8. The largest absolute Gasteiger partial charge is 0.497 e. The van der Waals surface area contributed by atoms with E-state index in [1.807, 2.05) is 57.2 Å². The minimum atomic E-state index is -0.577. The molecule has 2 aliphatic rings. The van der Waals surface area contributed by atoms with Crippen molar-refractivity contribution in [3.8, 4) is 5.75 Å². The van der Waals surface area contributed by atoms with Crippen molar-refractivity contribution < 1.29 is 19.1 Å². The predicted molar refractivity (Wildman–Crippen MR) is 129 cm³/mol. The summed E-state index contributed by atoms with van der Waals surface area (Å²) < 4.78 is 12.1. The van der Waals surface area contributed by atoms with Crippen molar-refractivity contribution in [2.75, 3.05) is 7.11 Å². The third-order valence-corrected chi connectivity index (χ3v) is 6.49. The monoisotopic (exact) mass is 461 g/mol. The molecule has 0 saturated heterocycles. The van der Waals surface area contributed by atoms with E-state index in [9.17, 15) is 9.59 Å². The number of amides is 1. The first-order chi connectivity index (χ1) is 16.2. The van der Waals surface area contributed by atoms with Gasteiger partial charge in [-0.3, -0.25) is 4.79 Å². The molecule has 1 heterocycles. The van der Waals surface area contributed by atoms with E-state index < -0.39 is 11.7 Å². The highest BCUT2D eigenvalue weighted by molar-refractivity contribution is 5.99. The van der Waals surface area contributed by atoms with Crippen LogP contribution in [0.25, 0.3) is 10.8 Å². The lowest BCUT2D eigenvalue weighted by Crippen LogP contribution is -2.44. The van der Waals surface area contributed by atoms with Crippen LogP contribution in [0.5, 0.6) is 5.75 Å². The van der Waals surface area contributed by atoms with Gasteiger partial charge in [-0.1, -0.05) is 12.1 Å². The van der Waals surface area contributed by atoms with Crippen molar-refractivity contribution in [2.45, 2.75) is 70.6 Å². The lowest BCUT2D eigenvalue weighted by atomic mass is 9.91. The number of hydrogen-bond acceptors (Lipinski definition) is 5. The van der Waals surface area contributed by atoms with Crippen molar-refractivity contribution in [3.63, 3.8) is 0 Å². The Hall–Kier alpha value is -3.35. The third-order valence-electron chi connectivity index (χ3n) is 6.49. The molecular weight excluding hydrogens is 430 g/mol. The van der Waals surface area contributed by atoms with Gasteiger partial charge in [0.2, 0.25) is 0 Å². The van der Waals surface area contributed by atoms with Gasteiger partial charge >= 0.3 is 6.09 Å². The SMILES string of the molecule is COc1ccc2cc(C(=O)N(C3CC3)C3CCc4nn(C(=O)OC(C)(C)C)cc4C3)ccc2c1. The first-order valence-corrected chi connectivity index (χ1v) is 11.9. The minimum absolute atomic E-state index is 0.0770. The molecule has 34 heavy (non-hydrogen) atoms. The topological polar surface area (TPSA) is 73.7 Å². The van der Waals surface area contributed by atoms with Crippen LogP contribution in [0.4, 0.5) is 4.79 Å². The summed E-state index contributed by atoms with van der Waals surface area (Å²) in [5.41, 5.74) is 2.07. The Morgan fingerprint density at radius 1 is 1.03 bits per heavy atom. The average Bonchev–Trinajstić information content (AvgIpc) is 3.54. The van der Waals surface area contributed by atoms with Crippen LogP contribution in [0, 0.1) is 0 Å². The molecular formula is C27H31N3O4. The molecule has 178 valence electrons. The number of aromatic nitrogens is 2. The number of rotatable bonds is 4. The van der Waals surface area contributed by atoms with Crippen LogP contribution in [0.15, 0.2) is 42.6 Å². The van der Waals surface area contributed by atoms with Crippen molar-refractivity contribution in [1.29, 1.82) is 0 Å². The second-order valence-electron chi connectivity index (χ2n) is 10.3. The molecule has 1 unspecified atom stereocenters. The molecule has 1 aromatic heterocycles. The van der Waals surface area contributed by atoms with E-state index in [4.69, 9.17) is 9.47 Å². The number of methoxy groups -OCH3 is 1. The summed E-state index contributed by atoms with van der Waals surface area (Å²) in [5.74, 6) is 0.879. The van der Waals surface area contributed by atoms with Crippen LogP contribution in [0.2, 0.25) is 0 Å². The Morgan fingerprint density at radius 3 is 2.47 bits per heavy atom. The van der Waals surface area contributed by atoms with E-state index >= 15 is 0 Å². The standard InChI is InChI=1S/C27H31N3O4/c1-27(2,3)34-26(32)29-16-20-14-22(10-12-24(20)28-29)30(21-8-9-21)25(31)19-6-5-18-15-23(33-4)11-7-17(18)13-19/h5-7,11,13,15-16,21-22H,8-10,12,14H2,1-4H3. The molecule has 2 aromatic carbocycles. The van der Waals surface area contributed by atoms with Crippen molar-refractivity contribution >= 4 is 22.8 Å². The fraction of sp³-hybridized carbons (Fsp3) is 0.444. The van der Waals surface area contributed by atoms with E-state index in [-0.39, 0.29) is 18.0 Å². The predicted octanol–water partition coefficient (Wildman–Crippen LogP) is 4.99. The molecule has 1 atom stereocenters. The fourth-order valence-corrected chi connectivity index (χ4v) is 4.74. The van der Waals surface area contributed by atoms with Gasteiger partial charge in [0.15, 0.2) is 0 Å². The fourth-order valence-electron chi connectivity index (χ4n) is 4.74. The Bertz CT molecular complexity index is 1250. The molecule has 1 amide bonds. The molecule has 1 saturated carbocycles. The van der Waals surface area contributed by atoms with Crippen LogP contribution < -0.4 is 4.74 Å². The van der Waals surface area contributed by atoms with Crippen LogP contribution >= 0.6 is 0 Å². The number of ether oxygens (including phenoxy) is 2. The van der Waals surface area contributed by atoms with Crippen molar-refractivity contribution in [2.24, 2.45) is 0 Å². The van der Waals surface area contributed by atoms with E-state index in [1.54, 1.807) is 13.3 Å². The van der Waals surface area contributed by atoms with E-state index in [1.165, 1.54) is 4.68 Å². The first kappa shape index (κ1) is 22.4. The van der Waals surface area contributed by atoms with Crippen LogP contribution in [-0.2, 0) is 17.6 Å². The third kappa shape index (κ3) is 4.52. The molecule has 0 spiro atoms. The maximum absolute atomic E-state index is 13.7. The summed E-state index contributed by atoms with van der Waals surface area (Å²) in [7, 11) is 1.65. The number of benzene rings is 2. The zero-order valence-electron chi connectivity index (χ0n) is 20.2. The Kier molecular flexibility index (Phi) is 5.58. The Balaban J connectivity index is 1.37. The molecule has 7 nitrogen and oxygen atoms in total. The minimum Gasteiger partial charge on any atom is -0.497 e. The van der Waals surface area contributed by atoms with Gasteiger partial charge in [-0.05, 0) is 93.5 Å². The Labute approximate surface area is 199 Å². The highest BCUT2D eigenvalue weighted by atomic mass is 16.6. The lowest BCUT2D eigenvalue weighted by Gasteiger charge is -2.34. The zero-order chi connectivity index (χ0) is 24.0.